The molecule has 1 aromatic heterocycles. The number of amidine groups is 1. The largest absolute Gasteiger partial charge is 0.487 e. The van der Waals surface area contributed by atoms with Crippen molar-refractivity contribution < 1.29 is 33.2 Å². The van der Waals surface area contributed by atoms with Crippen molar-refractivity contribution in [2.45, 2.75) is 30.8 Å². The van der Waals surface area contributed by atoms with Gasteiger partial charge in [-0.15, -0.1) is 13.2 Å². The average Bonchev–Trinajstić information content (AvgIpc) is 3.05. The van der Waals surface area contributed by atoms with Crippen molar-refractivity contribution in [2.75, 3.05) is 17.2 Å². The van der Waals surface area contributed by atoms with Gasteiger partial charge in [-0.2, -0.15) is 0 Å². The van der Waals surface area contributed by atoms with Gasteiger partial charge in [0.1, 0.15) is 30.7 Å². The quantitative estimate of drug-likeness (QED) is 0.387. The highest BCUT2D eigenvalue weighted by Crippen LogP contribution is 2.39. The third kappa shape index (κ3) is 2.56. The highest BCUT2D eigenvalue weighted by atomic mass is 79.9. The van der Waals surface area contributed by atoms with E-state index in [1.165, 1.54) is 4.57 Å². The lowest BCUT2D eigenvalue weighted by molar-refractivity contribution is -0.217. The Morgan fingerprint density at radius 3 is 2.58 bits per heavy atom. The van der Waals surface area contributed by atoms with Gasteiger partial charge in [0.15, 0.2) is 17.9 Å². The first-order valence-corrected chi connectivity index (χ1v) is 7.43. The number of hydrogen-bond donors (Lipinski definition) is 4. The molecule has 24 heavy (non-hydrogen) atoms. The Labute approximate surface area is 141 Å². The predicted octanol–water partition coefficient (Wildman–Crippen LogP) is -0.271. The summed E-state index contributed by atoms with van der Waals surface area (Å²) in [6.07, 6.45) is -8.65. The highest BCUT2D eigenvalue weighted by molar-refractivity contribution is 9.10. The summed E-state index contributed by atoms with van der Waals surface area (Å²) >= 11 is 2.98. The Balaban J connectivity index is 1.97. The summed E-state index contributed by atoms with van der Waals surface area (Å²) in [5.41, 5.74) is -0.270. The number of anilines is 1. The monoisotopic (exact) mass is 415 g/mol. The second-order valence-electron chi connectivity index (χ2n) is 5.30. The number of rotatable bonds is 2. The second-order valence-corrected chi connectivity index (χ2v) is 6.16. The molecule has 1 fully saturated rings. The first-order chi connectivity index (χ1) is 11.2. The molecule has 0 bridgehead atoms. The minimum Gasteiger partial charge on any atom is -0.394 e. The van der Waals surface area contributed by atoms with E-state index in [-0.39, 0.29) is 16.4 Å². The maximum atomic E-state index is 13.0. The van der Waals surface area contributed by atoms with Crippen LogP contribution in [0.1, 0.15) is 11.9 Å². The zero-order chi connectivity index (χ0) is 17.8. The number of halogens is 4. The normalized spacial score (nSPS) is 30.9. The standard InChI is InChI=1S/C11H13BrF3N5O4/c12-20-3-19(11(13,14)15)8(16)5-9(20)18(2-17-5)10-7(23)6(22)4(1-21)24-10/h2,4,6-7,10,16,21-23H,1,3H2/t4-,6-,7-,10-/m1/s1. The Kier molecular flexibility index (Phi) is 4.24. The van der Waals surface area contributed by atoms with Gasteiger partial charge >= 0.3 is 6.30 Å². The van der Waals surface area contributed by atoms with E-state index in [1.807, 2.05) is 0 Å². The van der Waals surface area contributed by atoms with Gasteiger partial charge in [0.25, 0.3) is 0 Å². The number of imidazole rings is 1. The van der Waals surface area contributed by atoms with E-state index in [1.54, 1.807) is 0 Å². The smallest absolute Gasteiger partial charge is 0.394 e. The fraction of sp³-hybridized carbons (Fsp3) is 0.636. The number of nitrogens with one attached hydrogen (secondary N) is 1. The molecular formula is C11H13BrF3N5O4. The summed E-state index contributed by atoms with van der Waals surface area (Å²) in [6, 6.07) is 0. The Morgan fingerprint density at radius 1 is 1.38 bits per heavy atom. The molecule has 0 aromatic carbocycles. The summed E-state index contributed by atoms with van der Waals surface area (Å²) in [6.45, 7) is -1.25. The zero-order valence-electron chi connectivity index (χ0n) is 11.9. The molecule has 0 spiro atoms. The van der Waals surface area contributed by atoms with Crippen LogP contribution in [0.5, 0.6) is 0 Å². The van der Waals surface area contributed by atoms with Gasteiger partial charge in [0.05, 0.1) is 29.1 Å². The molecule has 13 heteroatoms. The molecule has 0 amide bonds. The summed E-state index contributed by atoms with van der Waals surface area (Å²) in [7, 11) is 0. The zero-order valence-corrected chi connectivity index (χ0v) is 13.4. The number of aliphatic hydroxyl groups is 3. The average molecular weight is 416 g/mol. The van der Waals surface area contributed by atoms with Gasteiger partial charge in [-0.25, -0.2) is 9.88 Å². The molecule has 3 heterocycles. The molecule has 4 N–H and O–H groups in total. The van der Waals surface area contributed by atoms with Crippen molar-refractivity contribution in [3.8, 4) is 0 Å². The van der Waals surface area contributed by atoms with E-state index in [2.05, 4.69) is 21.1 Å². The minimum absolute atomic E-state index is 0.0651. The molecule has 1 aromatic rings. The van der Waals surface area contributed by atoms with Crippen molar-refractivity contribution in [1.82, 2.24) is 14.5 Å². The van der Waals surface area contributed by atoms with E-state index in [9.17, 15) is 23.4 Å². The van der Waals surface area contributed by atoms with Gasteiger partial charge < -0.3 is 20.1 Å². The predicted molar refractivity (Wildman–Crippen MR) is 76.2 cm³/mol. The van der Waals surface area contributed by atoms with Crippen LogP contribution in [0.15, 0.2) is 6.33 Å². The number of alkyl halides is 3. The molecule has 0 aliphatic carbocycles. The topological polar surface area (TPSA) is 118 Å². The summed E-state index contributed by atoms with van der Waals surface area (Å²) in [4.78, 5) is 3.68. The van der Waals surface area contributed by atoms with Crippen molar-refractivity contribution in [3.05, 3.63) is 12.0 Å². The van der Waals surface area contributed by atoms with Crippen LogP contribution in [0.4, 0.5) is 19.0 Å². The van der Waals surface area contributed by atoms with Crippen LogP contribution >= 0.6 is 16.1 Å². The fourth-order valence-corrected chi connectivity index (χ4v) is 3.23. The molecular weight excluding hydrogens is 403 g/mol. The third-order valence-corrected chi connectivity index (χ3v) is 4.41. The van der Waals surface area contributed by atoms with Crippen molar-refractivity contribution in [1.29, 1.82) is 5.41 Å². The van der Waals surface area contributed by atoms with E-state index in [0.717, 1.165) is 10.3 Å². The second kappa shape index (κ2) is 5.84. The number of fused-ring (bicyclic) bond motifs is 1. The molecule has 0 radical (unpaired) electrons. The van der Waals surface area contributed by atoms with Crippen LogP contribution in [0.25, 0.3) is 0 Å². The third-order valence-electron chi connectivity index (χ3n) is 3.85. The summed E-state index contributed by atoms with van der Waals surface area (Å²) < 4.78 is 46.4. The van der Waals surface area contributed by atoms with Crippen LogP contribution in [0.3, 0.4) is 0 Å². The molecule has 0 saturated carbocycles. The molecule has 134 valence electrons. The first kappa shape index (κ1) is 17.4. The highest BCUT2D eigenvalue weighted by Gasteiger charge is 2.48. The molecule has 4 atom stereocenters. The van der Waals surface area contributed by atoms with Gasteiger partial charge in [-0.05, 0) is 0 Å². The summed E-state index contributed by atoms with van der Waals surface area (Å²) in [5, 5.41) is 36.7. The number of nitrogens with zero attached hydrogens (tertiary/aromatic N) is 4. The lowest BCUT2D eigenvalue weighted by Gasteiger charge is -2.35. The fourth-order valence-electron chi connectivity index (χ4n) is 2.65. The number of aliphatic hydroxyl groups excluding tert-OH is 3. The van der Waals surface area contributed by atoms with E-state index >= 15 is 0 Å². The van der Waals surface area contributed by atoms with Crippen LogP contribution in [0, 0.1) is 5.41 Å². The van der Waals surface area contributed by atoms with Gasteiger partial charge in [0.2, 0.25) is 0 Å². The van der Waals surface area contributed by atoms with Crippen molar-refractivity contribution in [2.24, 2.45) is 0 Å². The Bertz CT molecular complexity index is 656. The van der Waals surface area contributed by atoms with Crippen molar-refractivity contribution >= 4 is 27.8 Å². The van der Waals surface area contributed by atoms with E-state index in [4.69, 9.17) is 15.3 Å². The van der Waals surface area contributed by atoms with Crippen LogP contribution in [-0.2, 0) is 4.74 Å². The lowest BCUT2D eigenvalue weighted by atomic mass is 10.1. The lowest BCUT2D eigenvalue weighted by Crippen LogP contribution is -2.51. The van der Waals surface area contributed by atoms with E-state index < -0.39 is 50.0 Å². The Morgan fingerprint density at radius 2 is 2.04 bits per heavy atom. The van der Waals surface area contributed by atoms with Crippen LogP contribution in [-0.4, -0.2) is 73.5 Å². The first-order valence-electron chi connectivity index (χ1n) is 6.72. The molecule has 1 saturated heterocycles. The van der Waals surface area contributed by atoms with E-state index in [0.29, 0.717) is 0 Å². The Hall–Kier alpha value is -1.41. The molecule has 2 aliphatic heterocycles. The minimum atomic E-state index is -4.76. The number of aromatic nitrogens is 2. The van der Waals surface area contributed by atoms with Crippen LogP contribution < -0.4 is 3.93 Å². The maximum Gasteiger partial charge on any atom is 0.487 e. The van der Waals surface area contributed by atoms with Gasteiger partial charge in [-0.1, -0.05) is 0 Å². The SMILES string of the molecule is N=C1c2ncn([C@@H]3O[C@H](CO)[C@@H](O)[C@H]3O)c2N(Br)CN1C(F)(F)F. The maximum absolute atomic E-state index is 13.0. The van der Waals surface area contributed by atoms with Gasteiger partial charge in [-0.3, -0.25) is 13.9 Å². The number of ether oxygens (including phenoxy) is 1. The number of hydrogen-bond acceptors (Lipinski definition) is 7. The molecule has 2 aliphatic rings. The summed E-state index contributed by atoms with van der Waals surface area (Å²) in [5.74, 6) is -0.783. The molecule has 9 nitrogen and oxygen atoms in total. The van der Waals surface area contributed by atoms with Crippen molar-refractivity contribution in [3.63, 3.8) is 0 Å². The van der Waals surface area contributed by atoms with Gasteiger partial charge in [0, 0.05) is 0 Å². The molecule has 0 unspecified atom stereocenters. The molecule has 3 rings (SSSR count). The van der Waals surface area contributed by atoms with Crippen LogP contribution in [0.2, 0.25) is 0 Å².